The van der Waals surface area contributed by atoms with Gasteiger partial charge in [-0.2, -0.15) is 0 Å². The van der Waals surface area contributed by atoms with Gasteiger partial charge in [0.15, 0.2) is 0 Å². The van der Waals surface area contributed by atoms with E-state index in [-0.39, 0.29) is 11.7 Å². The number of hydrogen-bond acceptors (Lipinski definition) is 3. The second-order valence-electron chi connectivity index (χ2n) is 6.35. The maximum absolute atomic E-state index is 13.3. The largest absolute Gasteiger partial charge is 0.497 e. The first kappa shape index (κ1) is 18.7. The molecule has 5 heteroatoms. The lowest BCUT2D eigenvalue weighted by Crippen LogP contribution is -2.23. The van der Waals surface area contributed by atoms with Crippen molar-refractivity contribution in [2.24, 2.45) is 0 Å². The van der Waals surface area contributed by atoms with Crippen molar-refractivity contribution in [3.8, 4) is 17.1 Å². The second kappa shape index (κ2) is 8.54. The Morgan fingerprint density at radius 1 is 1.11 bits per heavy atom. The van der Waals surface area contributed by atoms with Crippen molar-refractivity contribution >= 4 is 5.91 Å². The Kier molecular flexibility index (Phi) is 5.91. The standard InChI is InChI=1S/C22H22FNO3/c1-15-13-16(3-10-20(15)23)14-24-22(25)12-9-19-8-11-21(27-19)17-4-6-18(26-2)7-5-17/h3-8,10-11,13H,9,12,14H2,1-2H3,(H,24,25). The predicted octanol–water partition coefficient (Wildman–Crippen LogP) is 4.65. The molecule has 3 aromatic rings. The molecule has 1 N–H and O–H groups in total. The van der Waals surface area contributed by atoms with E-state index < -0.39 is 0 Å². The molecule has 0 saturated heterocycles. The highest BCUT2D eigenvalue weighted by atomic mass is 19.1. The molecule has 0 spiro atoms. The third-order valence-corrected chi connectivity index (χ3v) is 4.35. The summed E-state index contributed by atoms with van der Waals surface area (Å²) in [5, 5.41) is 2.85. The summed E-state index contributed by atoms with van der Waals surface area (Å²) in [5.74, 6) is 2.00. The molecule has 0 unspecified atom stereocenters. The van der Waals surface area contributed by atoms with Crippen LogP contribution in [0.3, 0.4) is 0 Å². The van der Waals surface area contributed by atoms with Gasteiger partial charge in [0.1, 0.15) is 23.1 Å². The van der Waals surface area contributed by atoms with Crippen LogP contribution in [0.1, 0.15) is 23.3 Å². The molecule has 0 aliphatic rings. The molecule has 0 aliphatic heterocycles. The molecule has 27 heavy (non-hydrogen) atoms. The van der Waals surface area contributed by atoms with Crippen LogP contribution in [0.5, 0.6) is 5.75 Å². The Bertz CT molecular complexity index is 916. The molecule has 0 fully saturated rings. The molecule has 1 heterocycles. The summed E-state index contributed by atoms with van der Waals surface area (Å²) in [7, 11) is 1.63. The summed E-state index contributed by atoms with van der Waals surface area (Å²) in [6, 6.07) is 16.2. The van der Waals surface area contributed by atoms with Crippen molar-refractivity contribution in [3.63, 3.8) is 0 Å². The number of rotatable bonds is 7. The molecule has 4 nitrogen and oxygen atoms in total. The van der Waals surface area contributed by atoms with Crippen LogP contribution in [0.15, 0.2) is 59.0 Å². The molecule has 2 aromatic carbocycles. The van der Waals surface area contributed by atoms with Gasteiger partial charge in [0.05, 0.1) is 7.11 Å². The minimum absolute atomic E-state index is 0.0700. The van der Waals surface area contributed by atoms with E-state index in [1.54, 1.807) is 26.2 Å². The zero-order valence-electron chi connectivity index (χ0n) is 15.4. The van der Waals surface area contributed by atoms with Gasteiger partial charge in [0, 0.05) is 24.9 Å². The summed E-state index contributed by atoms with van der Waals surface area (Å²) in [4.78, 5) is 12.0. The highest BCUT2D eigenvalue weighted by Gasteiger charge is 2.08. The number of aryl methyl sites for hydroxylation is 2. The van der Waals surface area contributed by atoms with E-state index in [1.165, 1.54) is 6.07 Å². The third kappa shape index (κ3) is 4.97. The topological polar surface area (TPSA) is 51.5 Å². The average molecular weight is 367 g/mol. The van der Waals surface area contributed by atoms with Crippen LogP contribution >= 0.6 is 0 Å². The van der Waals surface area contributed by atoms with E-state index in [4.69, 9.17) is 9.15 Å². The van der Waals surface area contributed by atoms with E-state index in [0.717, 1.165) is 28.4 Å². The number of hydrogen-bond donors (Lipinski definition) is 1. The van der Waals surface area contributed by atoms with Crippen molar-refractivity contribution in [3.05, 3.63) is 77.3 Å². The first-order valence-electron chi connectivity index (χ1n) is 8.80. The van der Waals surface area contributed by atoms with Crippen LogP contribution < -0.4 is 10.1 Å². The second-order valence-corrected chi connectivity index (χ2v) is 6.35. The lowest BCUT2D eigenvalue weighted by molar-refractivity contribution is -0.121. The van der Waals surface area contributed by atoms with Gasteiger partial charge in [-0.05, 0) is 60.5 Å². The van der Waals surface area contributed by atoms with Gasteiger partial charge >= 0.3 is 0 Å². The van der Waals surface area contributed by atoms with Gasteiger partial charge in [-0.15, -0.1) is 0 Å². The van der Waals surface area contributed by atoms with Crippen LogP contribution in [-0.2, 0) is 17.8 Å². The summed E-state index contributed by atoms with van der Waals surface area (Å²) in [6.07, 6.45) is 0.847. The fourth-order valence-corrected chi connectivity index (χ4v) is 2.77. The summed E-state index contributed by atoms with van der Waals surface area (Å²) >= 11 is 0. The number of amides is 1. The van der Waals surface area contributed by atoms with Gasteiger partial charge in [0.2, 0.25) is 5.91 Å². The Balaban J connectivity index is 1.50. The lowest BCUT2D eigenvalue weighted by Gasteiger charge is -2.06. The predicted molar refractivity (Wildman–Crippen MR) is 102 cm³/mol. The van der Waals surface area contributed by atoms with Crippen molar-refractivity contribution in [1.82, 2.24) is 5.32 Å². The molecule has 3 rings (SSSR count). The van der Waals surface area contributed by atoms with Gasteiger partial charge in [-0.3, -0.25) is 4.79 Å². The van der Waals surface area contributed by atoms with Gasteiger partial charge in [-0.1, -0.05) is 12.1 Å². The average Bonchev–Trinajstić information content (AvgIpc) is 3.16. The third-order valence-electron chi connectivity index (χ3n) is 4.35. The van der Waals surface area contributed by atoms with E-state index in [0.29, 0.717) is 24.9 Å². The molecule has 0 aliphatic carbocycles. The number of carbonyl (C=O) groups excluding carboxylic acids is 1. The SMILES string of the molecule is COc1ccc(-c2ccc(CCC(=O)NCc3ccc(F)c(C)c3)o2)cc1. The summed E-state index contributed by atoms with van der Waals surface area (Å²) in [5.41, 5.74) is 2.41. The van der Waals surface area contributed by atoms with E-state index in [2.05, 4.69) is 5.32 Å². The van der Waals surface area contributed by atoms with Crippen LogP contribution in [0.25, 0.3) is 11.3 Å². The van der Waals surface area contributed by atoms with Gasteiger partial charge in [0.25, 0.3) is 0 Å². The molecule has 0 radical (unpaired) electrons. The molecule has 0 bridgehead atoms. The van der Waals surface area contributed by atoms with Crippen LogP contribution in [0.4, 0.5) is 4.39 Å². The number of ether oxygens (including phenoxy) is 1. The van der Waals surface area contributed by atoms with Crippen molar-refractivity contribution < 1.29 is 18.3 Å². The van der Waals surface area contributed by atoms with Gasteiger partial charge < -0.3 is 14.5 Å². The quantitative estimate of drug-likeness (QED) is 0.661. The fourth-order valence-electron chi connectivity index (χ4n) is 2.77. The Hall–Kier alpha value is -3.08. The normalized spacial score (nSPS) is 10.6. The Labute approximate surface area is 158 Å². The number of benzene rings is 2. The lowest BCUT2D eigenvalue weighted by atomic mass is 10.1. The van der Waals surface area contributed by atoms with Crippen LogP contribution in [0.2, 0.25) is 0 Å². The van der Waals surface area contributed by atoms with Crippen molar-refractivity contribution in [2.75, 3.05) is 7.11 Å². The minimum atomic E-state index is -0.240. The van der Waals surface area contributed by atoms with Crippen molar-refractivity contribution in [2.45, 2.75) is 26.3 Å². The smallest absolute Gasteiger partial charge is 0.220 e. The molecule has 140 valence electrons. The zero-order valence-corrected chi connectivity index (χ0v) is 15.4. The van der Waals surface area contributed by atoms with Crippen molar-refractivity contribution in [1.29, 1.82) is 0 Å². The zero-order chi connectivity index (χ0) is 19.2. The number of halogens is 1. The number of nitrogens with one attached hydrogen (secondary N) is 1. The van der Waals surface area contributed by atoms with Crippen LogP contribution in [0, 0.1) is 12.7 Å². The maximum Gasteiger partial charge on any atom is 0.220 e. The Morgan fingerprint density at radius 2 is 1.89 bits per heavy atom. The maximum atomic E-state index is 13.3. The highest BCUT2D eigenvalue weighted by molar-refractivity contribution is 5.76. The van der Waals surface area contributed by atoms with Gasteiger partial charge in [-0.25, -0.2) is 4.39 Å². The molecular weight excluding hydrogens is 345 g/mol. The van der Waals surface area contributed by atoms with E-state index >= 15 is 0 Å². The van der Waals surface area contributed by atoms with E-state index in [1.807, 2.05) is 36.4 Å². The molecular formula is C22H22FNO3. The first-order valence-corrected chi connectivity index (χ1v) is 8.80. The molecule has 0 atom stereocenters. The summed E-state index contributed by atoms with van der Waals surface area (Å²) < 4.78 is 24.2. The monoisotopic (exact) mass is 367 g/mol. The number of furan rings is 1. The van der Waals surface area contributed by atoms with Crippen LogP contribution in [-0.4, -0.2) is 13.0 Å². The minimum Gasteiger partial charge on any atom is -0.497 e. The summed E-state index contributed by atoms with van der Waals surface area (Å²) in [6.45, 7) is 2.09. The first-order chi connectivity index (χ1) is 13.0. The number of carbonyl (C=O) groups is 1. The molecule has 1 aromatic heterocycles. The number of methoxy groups -OCH3 is 1. The Morgan fingerprint density at radius 3 is 2.59 bits per heavy atom. The molecule has 1 amide bonds. The van der Waals surface area contributed by atoms with E-state index in [9.17, 15) is 9.18 Å². The molecule has 0 saturated carbocycles. The highest BCUT2D eigenvalue weighted by Crippen LogP contribution is 2.25. The fraction of sp³-hybridized carbons (Fsp3) is 0.227.